The molecule has 0 spiro atoms. The monoisotopic (exact) mass is 238 g/mol. The molecular formula is C10H7ClN2OS. The van der Waals surface area contributed by atoms with Crippen molar-refractivity contribution in [3.63, 3.8) is 0 Å². The molecule has 0 unspecified atom stereocenters. The summed E-state index contributed by atoms with van der Waals surface area (Å²) in [5, 5.41) is 1.20. The summed E-state index contributed by atoms with van der Waals surface area (Å²) in [6, 6.07) is 5.33. The van der Waals surface area contributed by atoms with Crippen molar-refractivity contribution >= 4 is 29.6 Å². The summed E-state index contributed by atoms with van der Waals surface area (Å²) >= 11 is 7.27. The maximum Gasteiger partial charge on any atom is 0.170 e. The molecule has 1 heterocycles. The van der Waals surface area contributed by atoms with Crippen LogP contribution in [0, 0.1) is 0 Å². The van der Waals surface area contributed by atoms with Gasteiger partial charge in [-0.2, -0.15) is 0 Å². The van der Waals surface area contributed by atoms with Gasteiger partial charge in [0, 0.05) is 22.9 Å². The van der Waals surface area contributed by atoms with Crippen molar-refractivity contribution < 1.29 is 4.79 Å². The van der Waals surface area contributed by atoms with E-state index in [1.807, 2.05) is 6.07 Å². The molecule has 2 aromatic rings. The number of hydrogen-bond donors (Lipinski definition) is 1. The predicted molar refractivity (Wildman–Crippen MR) is 59.6 cm³/mol. The standard InChI is InChI=1S/C10H7ClN2OS/c11-8-2-1-3-9(7(8)6-14)15-10-12-4-5-13-10/h1-6H,(H,12,13). The molecule has 0 bridgehead atoms. The molecule has 1 aromatic heterocycles. The van der Waals surface area contributed by atoms with E-state index in [1.165, 1.54) is 11.8 Å². The van der Waals surface area contributed by atoms with Crippen LogP contribution in [0.25, 0.3) is 0 Å². The molecule has 0 amide bonds. The molecule has 1 N–H and O–H groups in total. The van der Waals surface area contributed by atoms with Crippen LogP contribution >= 0.6 is 23.4 Å². The minimum Gasteiger partial charge on any atom is -0.339 e. The fraction of sp³-hybridized carbons (Fsp3) is 0. The quantitative estimate of drug-likeness (QED) is 0.836. The fourth-order valence-corrected chi connectivity index (χ4v) is 2.27. The molecule has 5 heteroatoms. The van der Waals surface area contributed by atoms with Gasteiger partial charge in [-0.3, -0.25) is 4.79 Å². The number of aromatic nitrogens is 2. The summed E-state index contributed by atoms with van der Waals surface area (Å²) in [4.78, 5) is 18.7. The van der Waals surface area contributed by atoms with Crippen LogP contribution < -0.4 is 0 Å². The zero-order chi connectivity index (χ0) is 10.7. The third kappa shape index (κ3) is 2.22. The van der Waals surface area contributed by atoms with Crippen molar-refractivity contribution in [2.45, 2.75) is 10.1 Å². The lowest BCUT2D eigenvalue weighted by Crippen LogP contribution is -1.87. The minimum absolute atomic E-state index is 0.460. The number of aldehydes is 1. The lowest BCUT2D eigenvalue weighted by Gasteiger charge is -2.03. The zero-order valence-electron chi connectivity index (χ0n) is 7.61. The Kier molecular flexibility index (Phi) is 3.08. The zero-order valence-corrected chi connectivity index (χ0v) is 9.18. The number of halogens is 1. The van der Waals surface area contributed by atoms with E-state index in [1.54, 1.807) is 24.5 Å². The van der Waals surface area contributed by atoms with Gasteiger partial charge < -0.3 is 4.98 Å². The molecule has 0 aliphatic rings. The topological polar surface area (TPSA) is 45.8 Å². The number of H-pyrrole nitrogens is 1. The highest BCUT2D eigenvalue weighted by Gasteiger charge is 2.08. The first-order valence-electron chi connectivity index (χ1n) is 4.22. The van der Waals surface area contributed by atoms with Gasteiger partial charge in [-0.25, -0.2) is 4.98 Å². The summed E-state index contributed by atoms with van der Waals surface area (Å²) in [5.74, 6) is 0. The van der Waals surface area contributed by atoms with Gasteiger partial charge in [0.2, 0.25) is 0 Å². The highest BCUT2D eigenvalue weighted by molar-refractivity contribution is 7.99. The van der Waals surface area contributed by atoms with Crippen molar-refractivity contribution in [2.24, 2.45) is 0 Å². The van der Waals surface area contributed by atoms with E-state index in [-0.39, 0.29) is 0 Å². The molecule has 15 heavy (non-hydrogen) atoms. The Morgan fingerprint density at radius 1 is 1.47 bits per heavy atom. The number of imidazole rings is 1. The third-order valence-corrected chi connectivity index (χ3v) is 3.13. The van der Waals surface area contributed by atoms with Crippen LogP contribution in [0.15, 0.2) is 40.6 Å². The van der Waals surface area contributed by atoms with Gasteiger partial charge in [-0.15, -0.1) is 0 Å². The van der Waals surface area contributed by atoms with Gasteiger partial charge in [0.05, 0.1) is 5.02 Å². The first kappa shape index (κ1) is 10.3. The Balaban J connectivity index is 2.36. The average Bonchev–Trinajstić information content (AvgIpc) is 2.71. The lowest BCUT2D eigenvalue weighted by molar-refractivity contribution is 0.112. The second kappa shape index (κ2) is 4.51. The van der Waals surface area contributed by atoms with Gasteiger partial charge in [-0.05, 0) is 12.1 Å². The Bertz CT molecular complexity index is 470. The number of nitrogens with one attached hydrogen (secondary N) is 1. The molecule has 76 valence electrons. The van der Waals surface area contributed by atoms with Crippen molar-refractivity contribution in [3.8, 4) is 0 Å². The first-order valence-corrected chi connectivity index (χ1v) is 5.41. The molecule has 0 fully saturated rings. The van der Waals surface area contributed by atoms with E-state index < -0.39 is 0 Å². The number of carbonyl (C=O) groups excluding carboxylic acids is 1. The smallest absolute Gasteiger partial charge is 0.170 e. The van der Waals surface area contributed by atoms with E-state index in [4.69, 9.17) is 11.6 Å². The van der Waals surface area contributed by atoms with Crippen LogP contribution in [0.4, 0.5) is 0 Å². The fourth-order valence-electron chi connectivity index (χ4n) is 1.13. The Labute approximate surface area is 95.9 Å². The first-order chi connectivity index (χ1) is 7.31. The molecule has 3 nitrogen and oxygen atoms in total. The highest BCUT2D eigenvalue weighted by atomic mass is 35.5. The number of nitrogens with zero attached hydrogens (tertiary/aromatic N) is 1. The van der Waals surface area contributed by atoms with Crippen LogP contribution in [0.5, 0.6) is 0 Å². The summed E-state index contributed by atoms with van der Waals surface area (Å²) < 4.78 is 0. The van der Waals surface area contributed by atoms with Crippen molar-refractivity contribution in [2.75, 3.05) is 0 Å². The molecule has 1 aromatic carbocycles. The van der Waals surface area contributed by atoms with Crippen LogP contribution in [0.2, 0.25) is 5.02 Å². The van der Waals surface area contributed by atoms with Gasteiger partial charge in [0.1, 0.15) is 0 Å². The van der Waals surface area contributed by atoms with Crippen LogP contribution in [0.1, 0.15) is 10.4 Å². The van der Waals surface area contributed by atoms with E-state index in [2.05, 4.69) is 9.97 Å². The summed E-state index contributed by atoms with van der Waals surface area (Å²) in [5.41, 5.74) is 0.501. The largest absolute Gasteiger partial charge is 0.339 e. The maximum absolute atomic E-state index is 10.8. The number of carbonyl (C=O) groups is 1. The highest BCUT2D eigenvalue weighted by Crippen LogP contribution is 2.30. The predicted octanol–water partition coefficient (Wildman–Crippen LogP) is 3.03. The molecule has 0 aliphatic heterocycles. The van der Waals surface area contributed by atoms with Gasteiger partial charge >= 0.3 is 0 Å². The molecule has 0 saturated heterocycles. The minimum atomic E-state index is 0.460. The molecule has 0 saturated carbocycles. The van der Waals surface area contributed by atoms with E-state index in [0.717, 1.165) is 16.3 Å². The second-order valence-corrected chi connectivity index (χ2v) is 4.20. The van der Waals surface area contributed by atoms with Crippen LogP contribution in [-0.4, -0.2) is 16.3 Å². The summed E-state index contributed by atoms with van der Waals surface area (Å²) in [6.07, 6.45) is 4.15. The van der Waals surface area contributed by atoms with Crippen LogP contribution in [-0.2, 0) is 0 Å². The normalized spacial score (nSPS) is 10.2. The number of aromatic amines is 1. The molecule has 0 radical (unpaired) electrons. The van der Waals surface area contributed by atoms with Crippen molar-refractivity contribution in [1.29, 1.82) is 0 Å². The number of rotatable bonds is 3. The lowest BCUT2D eigenvalue weighted by atomic mass is 10.2. The number of hydrogen-bond acceptors (Lipinski definition) is 3. The summed E-state index contributed by atoms with van der Waals surface area (Å²) in [7, 11) is 0. The van der Waals surface area contributed by atoms with Crippen molar-refractivity contribution in [1.82, 2.24) is 9.97 Å². The van der Waals surface area contributed by atoms with E-state index in [0.29, 0.717) is 10.6 Å². The summed E-state index contributed by atoms with van der Waals surface area (Å²) in [6.45, 7) is 0. The van der Waals surface area contributed by atoms with Gasteiger partial charge in [0.15, 0.2) is 11.4 Å². The maximum atomic E-state index is 10.8. The Hall–Kier alpha value is -1.26. The third-order valence-electron chi connectivity index (χ3n) is 1.81. The second-order valence-electron chi connectivity index (χ2n) is 2.77. The SMILES string of the molecule is O=Cc1c(Cl)cccc1Sc1ncc[nH]1. The Morgan fingerprint density at radius 3 is 3.00 bits per heavy atom. The van der Waals surface area contributed by atoms with E-state index in [9.17, 15) is 4.79 Å². The van der Waals surface area contributed by atoms with E-state index >= 15 is 0 Å². The number of benzene rings is 1. The van der Waals surface area contributed by atoms with Gasteiger partial charge in [-0.1, -0.05) is 29.4 Å². The average molecular weight is 239 g/mol. The van der Waals surface area contributed by atoms with Gasteiger partial charge in [0.25, 0.3) is 0 Å². The van der Waals surface area contributed by atoms with Crippen molar-refractivity contribution in [3.05, 3.63) is 41.2 Å². The molecule has 2 rings (SSSR count). The van der Waals surface area contributed by atoms with Crippen LogP contribution in [0.3, 0.4) is 0 Å². The molecular weight excluding hydrogens is 232 g/mol. The molecule has 0 aliphatic carbocycles. The molecule has 0 atom stereocenters. The Morgan fingerprint density at radius 2 is 2.33 bits per heavy atom.